The molecule has 0 aliphatic heterocycles. The van der Waals surface area contributed by atoms with Gasteiger partial charge in [-0.3, -0.25) is 4.79 Å². The SMILES string of the molecule is COc1ccc(NC(=O)CCOc2cccc(Br)c2)cc1S(=O)(=O)N(C)C. The normalized spacial score (nSPS) is 11.3. The van der Waals surface area contributed by atoms with E-state index in [4.69, 9.17) is 9.47 Å². The first kappa shape index (κ1) is 21.2. The van der Waals surface area contributed by atoms with Crippen LogP contribution >= 0.6 is 15.9 Å². The Balaban J connectivity index is 2.03. The highest BCUT2D eigenvalue weighted by molar-refractivity contribution is 9.10. The van der Waals surface area contributed by atoms with E-state index in [1.807, 2.05) is 12.1 Å². The molecule has 2 rings (SSSR count). The van der Waals surface area contributed by atoms with E-state index in [0.717, 1.165) is 8.78 Å². The van der Waals surface area contributed by atoms with E-state index in [-0.39, 0.29) is 29.6 Å². The third-order valence-electron chi connectivity index (χ3n) is 3.60. The first-order valence-corrected chi connectivity index (χ1v) is 10.3. The van der Waals surface area contributed by atoms with E-state index >= 15 is 0 Å². The van der Waals surface area contributed by atoms with Crippen LogP contribution in [0.1, 0.15) is 6.42 Å². The monoisotopic (exact) mass is 456 g/mol. The third-order valence-corrected chi connectivity index (χ3v) is 5.93. The highest BCUT2D eigenvalue weighted by atomic mass is 79.9. The molecule has 0 aliphatic carbocycles. The number of benzene rings is 2. The average Bonchev–Trinajstić information content (AvgIpc) is 2.61. The van der Waals surface area contributed by atoms with Crippen molar-refractivity contribution in [1.82, 2.24) is 4.31 Å². The average molecular weight is 457 g/mol. The molecule has 0 aromatic heterocycles. The number of amides is 1. The Bertz CT molecular complexity index is 916. The molecule has 146 valence electrons. The molecule has 27 heavy (non-hydrogen) atoms. The van der Waals surface area contributed by atoms with Crippen LogP contribution < -0.4 is 14.8 Å². The maximum atomic E-state index is 12.4. The van der Waals surface area contributed by atoms with E-state index < -0.39 is 10.0 Å². The molecular weight excluding hydrogens is 436 g/mol. The maximum Gasteiger partial charge on any atom is 0.246 e. The molecule has 0 radical (unpaired) electrons. The lowest BCUT2D eigenvalue weighted by Crippen LogP contribution is -2.23. The smallest absolute Gasteiger partial charge is 0.246 e. The van der Waals surface area contributed by atoms with Crippen molar-refractivity contribution < 1.29 is 22.7 Å². The third kappa shape index (κ3) is 5.69. The van der Waals surface area contributed by atoms with Gasteiger partial charge in [-0.15, -0.1) is 0 Å². The molecule has 1 amide bonds. The molecule has 7 nitrogen and oxygen atoms in total. The zero-order chi connectivity index (χ0) is 20.0. The fourth-order valence-electron chi connectivity index (χ4n) is 2.19. The minimum atomic E-state index is -3.71. The Hall–Kier alpha value is -2.10. The Morgan fingerprint density at radius 1 is 1.19 bits per heavy atom. The fraction of sp³-hybridized carbons (Fsp3) is 0.278. The second kappa shape index (κ2) is 9.20. The first-order valence-electron chi connectivity index (χ1n) is 8.03. The van der Waals surface area contributed by atoms with Crippen molar-refractivity contribution in [2.45, 2.75) is 11.3 Å². The van der Waals surface area contributed by atoms with Crippen LogP contribution in [0.15, 0.2) is 51.8 Å². The van der Waals surface area contributed by atoms with Gasteiger partial charge in [0.1, 0.15) is 16.4 Å². The zero-order valence-electron chi connectivity index (χ0n) is 15.2. The van der Waals surface area contributed by atoms with Crippen molar-refractivity contribution in [2.24, 2.45) is 0 Å². The van der Waals surface area contributed by atoms with Gasteiger partial charge < -0.3 is 14.8 Å². The summed E-state index contributed by atoms with van der Waals surface area (Å²) in [6, 6.07) is 11.8. The van der Waals surface area contributed by atoms with Crippen LogP contribution in [0.25, 0.3) is 0 Å². The predicted molar refractivity (Wildman–Crippen MR) is 107 cm³/mol. The van der Waals surface area contributed by atoms with Gasteiger partial charge in [0.25, 0.3) is 0 Å². The molecule has 0 spiro atoms. The van der Waals surface area contributed by atoms with Crippen LogP contribution in [0.4, 0.5) is 5.69 Å². The van der Waals surface area contributed by atoms with Crippen LogP contribution in [0.3, 0.4) is 0 Å². The van der Waals surface area contributed by atoms with Crippen LogP contribution in [0.5, 0.6) is 11.5 Å². The van der Waals surface area contributed by atoms with Gasteiger partial charge in [-0.05, 0) is 36.4 Å². The number of methoxy groups -OCH3 is 1. The number of halogens is 1. The van der Waals surface area contributed by atoms with E-state index in [1.54, 1.807) is 18.2 Å². The lowest BCUT2D eigenvalue weighted by atomic mass is 10.3. The quantitative estimate of drug-likeness (QED) is 0.659. The van der Waals surface area contributed by atoms with Gasteiger partial charge in [0.05, 0.1) is 20.1 Å². The summed E-state index contributed by atoms with van der Waals surface area (Å²) in [5, 5.41) is 2.68. The summed E-state index contributed by atoms with van der Waals surface area (Å²) in [5.41, 5.74) is 0.365. The van der Waals surface area contributed by atoms with Gasteiger partial charge in [0.2, 0.25) is 15.9 Å². The van der Waals surface area contributed by atoms with E-state index in [9.17, 15) is 13.2 Å². The zero-order valence-corrected chi connectivity index (χ0v) is 17.6. The van der Waals surface area contributed by atoms with Gasteiger partial charge in [-0.25, -0.2) is 12.7 Å². The molecule has 0 saturated carbocycles. The molecule has 2 aromatic carbocycles. The van der Waals surface area contributed by atoms with Gasteiger partial charge in [0, 0.05) is 24.3 Å². The number of rotatable bonds is 8. The molecule has 0 fully saturated rings. The highest BCUT2D eigenvalue weighted by Gasteiger charge is 2.23. The number of hydrogen-bond acceptors (Lipinski definition) is 5. The Labute approximate surface area is 167 Å². The maximum absolute atomic E-state index is 12.4. The minimum absolute atomic E-state index is 0.0156. The lowest BCUT2D eigenvalue weighted by molar-refractivity contribution is -0.116. The summed E-state index contributed by atoms with van der Waals surface area (Å²) in [6.45, 7) is 0.196. The van der Waals surface area contributed by atoms with Gasteiger partial charge in [-0.1, -0.05) is 22.0 Å². The summed E-state index contributed by atoms with van der Waals surface area (Å²) in [7, 11) is 0.543. The van der Waals surface area contributed by atoms with Crippen molar-refractivity contribution in [3.05, 3.63) is 46.9 Å². The summed E-state index contributed by atoms with van der Waals surface area (Å²) in [5.74, 6) is 0.573. The summed E-state index contributed by atoms with van der Waals surface area (Å²) in [4.78, 5) is 12.1. The minimum Gasteiger partial charge on any atom is -0.495 e. The molecule has 9 heteroatoms. The molecule has 0 unspecified atom stereocenters. The first-order chi connectivity index (χ1) is 12.7. The van der Waals surface area contributed by atoms with Crippen LogP contribution in [-0.4, -0.2) is 46.4 Å². The Morgan fingerprint density at radius 2 is 1.93 bits per heavy atom. The van der Waals surface area contributed by atoms with Crippen molar-refractivity contribution in [1.29, 1.82) is 0 Å². The van der Waals surface area contributed by atoms with Crippen molar-refractivity contribution >= 4 is 37.5 Å². The molecule has 1 N–H and O–H groups in total. The number of nitrogens with one attached hydrogen (secondary N) is 1. The largest absolute Gasteiger partial charge is 0.495 e. The highest BCUT2D eigenvalue weighted by Crippen LogP contribution is 2.29. The van der Waals surface area contributed by atoms with Gasteiger partial charge in [0.15, 0.2) is 0 Å². The van der Waals surface area contributed by atoms with Gasteiger partial charge in [-0.2, -0.15) is 0 Å². The summed E-state index contributed by atoms with van der Waals surface area (Å²) >= 11 is 3.35. The van der Waals surface area contributed by atoms with Gasteiger partial charge >= 0.3 is 0 Å². The molecule has 2 aromatic rings. The van der Waals surface area contributed by atoms with E-state index in [0.29, 0.717) is 11.4 Å². The fourth-order valence-corrected chi connectivity index (χ4v) is 3.65. The number of nitrogens with zero attached hydrogens (tertiary/aromatic N) is 1. The van der Waals surface area contributed by atoms with Crippen LogP contribution in [0.2, 0.25) is 0 Å². The van der Waals surface area contributed by atoms with Crippen LogP contribution in [0, 0.1) is 0 Å². The number of anilines is 1. The molecule has 0 bridgehead atoms. The Morgan fingerprint density at radius 3 is 2.56 bits per heavy atom. The standard InChI is InChI=1S/C18H21BrN2O5S/c1-21(2)27(23,24)17-12-14(7-8-16(17)25-3)20-18(22)9-10-26-15-6-4-5-13(19)11-15/h4-8,11-12H,9-10H2,1-3H3,(H,20,22). The summed E-state index contributed by atoms with van der Waals surface area (Å²) < 4.78 is 37.5. The molecule has 0 atom stereocenters. The Kier molecular flexibility index (Phi) is 7.23. The topological polar surface area (TPSA) is 84.9 Å². The van der Waals surface area contributed by atoms with Crippen molar-refractivity contribution in [3.63, 3.8) is 0 Å². The second-order valence-corrected chi connectivity index (χ2v) is 8.79. The predicted octanol–water partition coefficient (Wildman–Crippen LogP) is 3.12. The van der Waals surface area contributed by atoms with Crippen molar-refractivity contribution in [2.75, 3.05) is 33.1 Å². The number of ether oxygens (including phenoxy) is 2. The van der Waals surface area contributed by atoms with E-state index in [2.05, 4.69) is 21.2 Å². The number of hydrogen-bond donors (Lipinski definition) is 1. The van der Waals surface area contributed by atoms with Crippen LogP contribution in [-0.2, 0) is 14.8 Å². The second-order valence-electron chi connectivity index (χ2n) is 5.76. The number of carbonyl (C=O) groups is 1. The molecular formula is C18H21BrN2O5S. The van der Waals surface area contributed by atoms with E-state index in [1.165, 1.54) is 33.3 Å². The van der Waals surface area contributed by atoms with Crippen molar-refractivity contribution in [3.8, 4) is 11.5 Å². The summed E-state index contributed by atoms with van der Waals surface area (Å²) in [6.07, 6.45) is 0.119. The number of sulfonamides is 1. The lowest BCUT2D eigenvalue weighted by Gasteiger charge is -2.16. The molecule has 0 saturated heterocycles. The molecule has 0 aliphatic rings. The molecule has 0 heterocycles. The number of carbonyl (C=O) groups excluding carboxylic acids is 1.